The van der Waals surface area contributed by atoms with Gasteiger partial charge >= 0.3 is 59.1 Å². The first-order chi connectivity index (χ1) is 21.4. The Morgan fingerprint density at radius 3 is 1.93 bits per heavy atom. The Hall–Kier alpha value is -3.43. The molecule has 0 aliphatic heterocycles. The summed E-state index contributed by atoms with van der Waals surface area (Å²) in [6.45, 7) is 8.41. The van der Waals surface area contributed by atoms with Crippen molar-refractivity contribution in [3.05, 3.63) is 102 Å². The number of aliphatic hydroxyl groups excluding tert-OH is 1. The number of rotatable bonds is 11. The van der Waals surface area contributed by atoms with Crippen LogP contribution in [0.2, 0.25) is 0 Å². The summed E-state index contributed by atoms with van der Waals surface area (Å²) in [6.07, 6.45) is 6.04. The number of nitrogen functional groups attached to an aromatic ring is 1. The number of nitrogens with one attached hydrogen (secondary N) is 2. The number of aliphatic hydroxyl groups is 1. The maximum atomic E-state index is 13.2. The number of hydrogen-bond acceptors (Lipinski definition) is 7. The zero-order valence-corrected chi connectivity index (χ0v) is 29.3. The van der Waals surface area contributed by atoms with Gasteiger partial charge in [0.15, 0.2) is 0 Å². The van der Waals surface area contributed by atoms with Gasteiger partial charge in [0.2, 0.25) is 0 Å². The standard InChI is InChI=1S/C17H26FNO.C11H16N2.C6H5BOS.C2H7N/c1-5-11-17(12-6-2,16(13-20)19(3)4)14-7-9-15(18)10-8-14;1-3-8(2)11(13)9-6-4-5-7-10(9)12;8-7-5-1-3-6(9)4-2-5;1-3-2/h7-10,13,20H,5-6,11-12H2,1-4H3;4-8,13H,3,12H2,1-2H3;1-4,9H;3H,1-2H3. The predicted molar refractivity (Wildman–Crippen MR) is 194 cm³/mol. The average molecular weight is 637 g/mol. The number of nitrogens with two attached hydrogens (primary N) is 1. The second-order valence-electron chi connectivity index (χ2n) is 11.0. The fourth-order valence-corrected chi connectivity index (χ4v) is 5.02. The molecule has 246 valence electrons. The van der Waals surface area contributed by atoms with Crippen LogP contribution >= 0.6 is 12.6 Å². The van der Waals surface area contributed by atoms with E-state index in [-0.39, 0.29) is 17.2 Å². The molecule has 0 amide bonds. The van der Waals surface area contributed by atoms with Crippen molar-refractivity contribution in [2.75, 3.05) is 33.9 Å². The number of anilines is 1. The molecular formula is C36H54BFN4O2S. The fraction of sp³-hybridized carbons (Fsp3) is 0.417. The van der Waals surface area contributed by atoms with Crippen LogP contribution < -0.4 is 16.5 Å². The van der Waals surface area contributed by atoms with Gasteiger partial charge in [0.25, 0.3) is 0 Å². The molecule has 0 fully saturated rings. The summed E-state index contributed by atoms with van der Waals surface area (Å²) in [7, 11) is 8.44. The average Bonchev–Trinajstić information content (AvgIpc) is 3.02. The first-order valence-electron chi connectivity index (χ1n) is 15.5. The molecule has 45 heavy (non-hydrogen) atoms. The molecule has 6 nitrogen and oxygen atoms in total. The molecule has 1 unspecified atom stereocenters. The molecule has 1 atom stereocenters. The monoisotopic (exact) mass is 636 g/mol. The Kier molecular flexibility index (Phi) is 21.2. The first kappa shape index (κ1) is 41.6. The summed E-state index contributed by atoms with van der Waals surface area (Å²) in [5.74, 6) is 0.0553. The van der Waals surface area contributed by atoms with Crippen LogP contribution in [0.15, 0.2) is 89.7 Å². The van der Waals surface area contributed by atoms with Gasteiger partial charge in [0.1, 0.15) is 5.82 Å². The third-order valence-electron chi connectivity index (χ3n) is 7.23. The van der Waals surface area contributed by atoms with Crippen LogP contribution in [0.4, 0.5) is 10.1 Å². The van der Waals surface area contributed by atoms with Gasteiger partial charge in [-0.1, -0.05) is 70.9 Å². The van der Waals surface area contributed by atoms with Crippen molar-refractivity contribution in [1.82, 2.24) is 10.2 Å². The Balaban J connectivity index is 0.000000662. The molecule has 0 aromatic heterocycles. The molecule has 3 aromatic rings. The Labute approximate surface area is 277 Å². The number of likely N-dealkylation sites (N-methyl/N-ethyl adjacent to an activating group) is 1. The van der Waals surface area contributed by atoms with Crippen LogP contribution in [0.3, 0.4) is 0 Å². The first-order valence-corrected chi connectivity index (χ1v) is 15.9. The van der Waals surface area contributed by atoms with Gasteiger partial charge < -0.3 is 26.5 Å². The molecule has 0 aliphatic carbocycles. The van der Waals surface area contributed by atoms with E-state index < -0.39 is 0 Å². The molecule has 5 N–H and O–H groups in total. The van der Waals surface area contributed by atoms with Crippen molar-refractivity contribution in [3.63, 3.8) is 0 Å². The number of para-hydroxylation sites is 1. The minimum atomic E-state index is -0.255. The number of benzene rings is 3. The molecule has 0 spiro atoms. The van der Waals surface area contributed by atoms with E-state index in [9.17, 15) is 14.2 Å². The predicted octanol–water partition coefficient (Wildman–Crippen LogP) is 7.79. The summed E-state index contributed by atoms with van der Waals surface area (Å²) < 4.78 is 23.3. The molecule has 0 saturated carbocycles. The number of hydrogen-bond donors (Lipinski definition) is 5. The Bertz CT molecular complexity index is 1280. The second-order valence-corrected chi connectivity index (χ2v) is 11.5. The van der Waals surface area contributed by atoms with Crippen molar-refractivity contribution in [2.45, 2.75) is 70.1 Å². The molecule has 3 aromatic carbocycles. The summed E-state index contributed by atoms with van der Waals surface area (Å²) in [4.78, 5) is 2.83. The summed E-state index contributed by atoms with van der Waals surface area (Å²) in [5, 5.41) is 20.4. The molecule has 0 heterocycles. The van der Waals surface area contributed by atoms with Gasteiger partial charge in [0.05, 0.1) is 12.0 Å². The van der Waals surface area contributed by atoms with Crippen molar-refractivity contribution in [1.29, 1.82) is 5.41 Å². The van der Waals surface area contributed by atoms with Crippen molar-refractivity contribution in [3.8, 4) is 0 Å². The van der Waals surface area contributed by atoms with E-state index in [1.54, 1.807) is 24.3 Å². The summed E-state index contributed by atoms with van der Waals surface area (Å²) in [6, 6.07) is 21.3. The van der Waals surface area contributed by atoms with Crippen LogP contribution in [-0.4, -0.2) is 51.1 Å². The van der Waals surface area contributed by atoms with E-state index in [1.165, 1.54) is 18.4 Å². The quantitative estimate of drug-likeness (QED) is 0.0486. The van der Waals surface area contributed by atoms with E-state index >= 15 is 0 Å². The fourth-order valence-electron chi connectivity index (χ4n) is 4.87. The molecule has 0 radical (unpaired) electrons. The third-order valence-corrected chi connectivity index (χ3v) is 7.53. The van der Waals surface area contributed by atoms with E-state index in [1.807, 2.05) is 69.5 Å². The Morgan fingerprint density at radius 1 is 1.02 bits per heavy atom. The van der Waals surface area contributed by atoms with Crippen molar-refractivity contribution < 1.29 is 14.2 Å². The third kappa shape index (κ3) is 14.0. The molecular weight excluding hydrogens is 582 g/mol. The molecule has 0 bridgehead atoms. The van der Waals surface area contributed by atoms with Crippen molar-refractivity contribution >= 4 is 36.6 Å². The van der Waals surface area contributed by atoms with Gasteiger partial charge in [-0.05, 0) is 63.0 Å². The summed E-state index contributed by atoms with van der Waals surface area (Å²) >= 11 is 4.05. The second kappa shape index (κ2) is 23.0. The molecule has 0 saturated heterocycles. The maximum absolute atomic E-state index is 13.2. The van der Waals surface area contributed by atoms with Crippen LogP contribution in [0.25, 0.3) is 0 Å². The van der Waals surface area contributed by atoms with E-state index in [0.717, 1.165) is 61.0 Å². The van der Waals surface area contributed by atoms with Gasteiger partial charge in [-0.2, -0.15) is 0 Å². The van der Waals surface area contributed by atoms with Crippen LogP contribution in [0.1, 0.15) is 70.9 Å². The van der Waals surface area contributed by atoms with Crippen LogP contribution in [0.5, 0.6) is 0 Å². The molecule has 9 heteroatoms. The normalized spacial score (nSPS) is 11.3. The Morgan fingerprint density at radius 2 is 1.53 bits per heavy atom. The number of allylic oxidation sites excluding steroid dienone is 1. The van der Waals surface area contributed by atoms with Crippen LogP contribution in [0, 0.1) is 17.1 Å². The van der Waals surface area contributed by atoms with E-state index in [2.05, 4.69) is 45.6 Å². The number of halogens is 1. The van der Waals surface area contributed by atoms with E-state index in [4.69, 9.17) is 11.1 Å². The zero-order valence-electron chi connectivity index (χ0n) is 28.4. The van der Waals surface area contributed by atoms with Gasteiger partial charge in [-0.25, -0.2) is 4.39 Å². The topological polar surface area (TPSA) is 102 Å². The molecule has 3 rings (SSSR count). The van der Waals surface area contributed by atoms with E-state index in [0.29, 0.717) is 16.9 Å². The molecule has 0 aliphatic rings. The SMILES string of the molecule is CCC(C)C(=N)c1ccccc1N.CCCC(CCC)(C(=CO)N(C)C)c1ccc(F)cc1.CNC.O=Bc1ccc(S)cc1. The van der Waals surface area contributed by atoms with Crippen molar-refractivity contribution in [2.24, 2.45) is 5.92 Å². The van der Waals surface area contributed by atoms with Gasteiger partial charge in [-0.3, -0.25) is 0 Å². The minimum absolute atomic E-state index is 0.227. The zero-order chi connectivity index (χ0) is 34.4. The summed E-state index contributed by atoms with van der Waals surface area (Å²) in [5.41, 5.74) is 10.4. The van der Waals surface area contributed by atoms with Gasteiger partial charge in [0, 0.05) is 36.5 Å². The number of thiol groups is 1. The van der Waals surface area contributed by atoms with Crippen LogP contribution in [-0.2, 0) is 10.1 Å². The number of nitrogens with zero attached hydrogens (tertiary/aromatic N) is 1. The van der Waals surface area contributed by atoms with Gasteiger partial charge in [-0.15, -0.1) is 0 Å².